The topological polar surface area (TPSA) is 521 Å². The van der Waals surface area contributed by atoms with Gasteiger partial charge in [0.2, 0.25) is 82.7 Å². The van der Waals surface area contributed by atoms with E-state index in [-0.39, 0.29) is 102 Å². The third-order valence-corrected chi connectivity index (χ3v) is 22.4. The summed E-state index contributed by atoms with van der Waals surface area (Å²) in [7, 11) is 1.75. The lowest BCUT2D eigenvalue weighted by atomic mass is 9.96. The largest absolute Gasteiger partial charge is 0.394 e. The van der Waals surface area contributed by atoms with Gasteiger partial charge < -0.3 is 101 Å². The van der Waals surface area contributed by atoms with Crippen LogP contribution in [0.3, 0.4) is 0 Å². The number of aliphatic hydroxyl groups excluding tert-OH is 2. The van der Waals surface area contributed by atoms with Gasteiger partial charge in [0.05, 0.1) is 12.7 Å². The van der Waals surface area contributed by atoms with Gasteiger partial charge >= 0.3 is 0 Å². The summed E-state index contributed by atoms with van der Waals surface area (Å²) in [6, 6.07) is -3.52. The van der Waals surface area contributed by atoms with Crippen LogP contribution in [0.4, 0.5) is 0 Å². The lowest BCUT2D eigenvalue weighted by Gasteiger charge is -2.35. The summed E-state index contributed by atoms with van der Waals surface area (Å²) >= 11 is 0. The van der Waals surface area contributed by atoms with E-state index in [1.807, 2.05) is 0 Å². The highest BCUT2D eigenvalue weighted by molar-refractivity contribution is 8.76. The predicted octanol–water partition coefficient (Wildman–Crippen LogP) is -2.61. The fourth-order valence-corrected chi connectivity index (χ4v) is 15.5. The summed E-state index contributed by atoms with van der Waals surface area (Å²) in [5, 5.41) is 54.0. The highest BCUT2D eigenvalue weighted by Gasteiger charge is 2.47. The van der Waals surface area contributed by atoms with Crippen LogP contribution < -0.4 is 81.0 Å². The molecular weight excluding hydrogens is 1460 g/mol. The number of nitrogens with one attached hydrogen (secondary N) is 12. The van der Waals surface area contributed by atoms with Crippen molar-refractivity contribution in [2.45, 2.75) is 236 Å². The van der Waals surface area contributed by atoms with Crippen molar-refractivity contribution in [3.8, 4) is 0 Å². The van der Waals surface area contributed by atoms with E-state index < -0.39 is 203 Å². The van der Waals surface area contributed by atoms with Crippen molar-refractivity contribution in [3.05, 3.63) is 71.8 Å². The van der Waals surface area contributed by atoms with Gasteiger partial charge in [-0.2, -0.15) is 0 Å². The number of hydrogen-bond donors (Lipinski definition) is 17. The molecule has 36 heteroatoms. The Labute approximate surface area is 650 Å². The van der Waals surface area contributed by atoms with Crippen LogP contribution in [0.15, 0.2) is 65.7 Å². The minimum atomic E-state index is -1.91. The average molecular weight is 1580 g/mol. The molecule has 4 heterocycles. The van der Waals surface area contributed by atoms with Crippen LogP contribution in [0.25, 0.3) is 0 Å². The Balaban J connectivity index is 1.53. The molecule has 608 valence electrons. The molecule has 14 amide bonds. The predicted molar refractivity (Wildman–Crippen MR) is 413 cm³/mol. The summed E-state index contributed by atoms with van der Waals surface area (Å²) < 4.78 is 0. The SMILES string of the molecule is CC[C@H](C)[C@@H]1NC(=O)[C@@H]2CCCN2C(=O)[C@@H]2CCCN2C(=O)[C@H]([C@@H](C)CC)NC(=O)[C@H](CO)NC(=O)[C@H](C)NC(=O)[C@H]([C@@H](C)O)NC(=O)[C@@H]2CSSC[C@@H](NC1=O)C(=O)N[C@H](Cc1ccccc1)C(=O)N[C@H](Cc1ccccc1)C(=O)N[C@H](CC(C)C)C(=O)N[C@H](CCCCN)C(=O)N[C@@H](CCCN=C(N)N)C(=O)N2. The van der Waals surface area contributed by atoms with E-state index in [9.17, 15) is 48.6 Å². The van der Waals surface area contributed by atoms with Gasteiger partial charge in [-0.25, -0.2) is 0 Å². The van der Waals surface area contributed by atoms with Gasteiger partial charge in [-0.1, -0.05) is 137 Å². The standard InChI is InChI=1S/C74H114N18O16S2/c1-9-41(5)57-70(105)87-53-38-109-110-39-54(68(103)90-59(44(8)94)71(106)79-43(7)60(95)85-52(37-93)66(101)89-58(42(6)10-2)73(108)92-33-21-29-56(92)72(107)91-32-20-28-55(91)69(104)88-57)86-62(97)48(27-19-31-78-74(76)77)80-61(96)47(26-17-18-30-75)81-63(98)49(34-40(3)4)82-64(99)50(35-45-22-13-11-14-23-45)83-65(100)51(84-67(53)102)36-46-24-15-12-16-25-46/h11-16,22-25,40-44,47-59,93-94H,9-10,17-21,26-39,75H2,1-8H3,(H,79,106)(H,80,96)(H,81,98)(H,82,99)(H,83,100)(H,84,102)(H,85,95)(H,86,97)(H,87,105)(H,88,104)(H,89,101)(H,90,103)(H4,76,77,78)/t41-,42-,43-,44+,47+,48-,49+,50+,51+,52-,53+,54-,55-,56-,57-,58-,59-/m0/s1. The Kier molecular flexibility index (Phi) is 36.4. The zero-order valence-electron chi connectivity index (χ0n) is 64.0. The Hall–Kier alpha value is -9.13. The van der Waals surface area contributed by atoms with E-state index >= 15 is 28.8 Å². The number of aliphatic hydroxyl groups is 2. The van der Waals surface area contributed by atoms with Crippen LogP contribution in [-0.4, -0.2) is 244 Å². The number of nitrogens with two attached hydrogens (primary N) is 3. The number of fused-ring (bicyclic) bond motifs is 7. The van der Waals surface area contributed by atoms with Crippen LogP contribution in [0, 0.1) is 17.8 Å². The second kappa shape index (κ2) is 44.6. The monoisotopic (exact) mass is 1570 g/mol. The number of nitrogens with zero attached hydrogens (tertiary/aromatic N) is 3. The Morgan fingerprint density at radius 2 is 0.909 bits per heavy atom. The normalized spacial score (nSPS) is 27.9. The fourth-order valence-electron chi connectivity index (χ4n) is 13.2. The van der Waals surface area contributed by atoms with Crippen LogP contribution >= 0.6 is 21.6 Å². The van der Waals surface area contributed by atoms with E-state index in [4.69, 9.17) is 17.2 Å². The van der Waals surface area contributed by atoms with Crippen LogP contribution in [0.1, 0.15) is 144 Å². The highest BCUT2D eigenvalue weighted by Crippen LogP contribution is 2.29. The molecule has 6 rings (SSSR count). The van der Waals surface area contributed by atoms with Gasteiger partial charge in [-0.3, -0.25) is 72.1 Å². The lowest BCUT2D eigenvalue weighted by Crippen LogP contribution is -2.62. The molecule has 0 aromatic heterocycles. The van der Waals surface area contributed by atoms with E-state index in [0.717, 1.165) is 28.5 Å². The number of hydrogen-bond acceptors (Lipinski definition) is 20. The smallest absolute Gasteiger partial charge is 0.246 e. The molecule has 4 aliphatic heterocycles. The van der Waals surface area contributed by atoms with E-state index in [1.54, 1.807) is 102 Å². The Morgan fingerprint density at radius 1 is 0.482 bits per heavy atom. The number of carbonyl (C=O) groups is 14. The molecule has 0 aliphatic carbocycles. The first-order valence-corrected chi connectivity index (χ1v) is 40.5. The van der Waals surface area contributed by atoms with Crippen LogP contribution in [0.5, 0.6) is 0 Å². The maximum absolute atomic E-state index is 15.5. The molecule has 0 unspecified atom stereocenters. The number of rotatable bonds is 20. The molecule has 34 nitrogen and oxygen atoms in total. The number of carbonyl (C=O) groups excluding carboxylic acids is 14. The third kappa shape index (κ3) is 26.8. The zero-order valence-corrected chi connectivity index (χ0v) is 65.6. The molecule has 0 radical (unpaired) electrons. The first-order valence-electron chi connectivity index (χ1n) is 38.0. The summed E-state index contributed by atoms with van der Waals surface area (Å²) in [6.45, 7) is 12.2. The van der Waals surface area contributed by atoms with Crippen molar-refractivity contribution in [1.82, 2.24) is 73.6 Å². The lowest BCUT2D eigenvalue weighted by molar-refractivity contribution is -0.149. The Morgan fingerprint density at radius 3 is 1.44 bits per heavy atom. The van der Waals surface area contributed by atoms with Crippen LogP contribution in [0.2, 0.25) is 0 Å². The number of benzene rings is 2. The number of amides is 14. The molecule has 2 aromatic carbocycles. The van der Waals surface area contributed by atoms with Gasteiger partial charge in [0.1, 0.15) is 84.6 Å². The maximum atomic E-state index is 15.5. The molecule has 0 spiro atoms. The molecule has 17 atom stereocenters. The molecule has 0 saturated carbocycles. The van der Waals surface area contributed by atoms with Crippen LogP contribution in [-0.2, 0) is 80.0 Å². The molecule has 4 fully saturated rings. The van der Waals surface area contributed by atoms with Gasteiger partial charge in [-0.05, 0) is 113 Å². The van der Waals surface area contributed by atoms with Gasteiger partial charge in [0.15, 0.2) is 5.96 Å². The zero-order chi connectivity index (χ0) is 80.9. The third-order valence-electron chi connectivity index (χ3n) is 20.0. The van der Waals surface area contributed by atoms with Crippen molar-refractivity contribution >= 4 is 110 Å². The molecule has 20 N–H and O–H groups in total. The summed E-state index contributed by atoms with van der Waals surface area (Å²) in [5.41, 5.74) is 18.4. The molecule has 4 saturated heterocycles. The van der Waals surface area contributed by atoms with Crippen molar-refractivity contribution in [2.24, 2.45) is 39.9 Å². The fraction of sp³-hybridized carbons (Fsp3) is 0.635. The summed E-state index contributed by atoms with van der Waals surface area (Å²) in [6.07, 6.45) is 0.109. The van der Waals surface area contributed by atoms with Gasteiger partial charge in [0, 0.05) is 44.0 Å². The minimum absolute atomic E-state index is 0.00859. The van der Waals surface area contributed by atoms with Crippen molar-refractivity contribution in [3.63, 3.8) is 0 Å². The Bertz CT molecular complexity index is 3530. The van der Waals surface area contributed by atoms with Gasteiger partial charge in [-0.15, -0.1) is 0 Å². The van der Waals surface area contributed by atoms with E-state index in [2.05, 4.69) is 68.8 Å². The van der Waals surface area contributed by atoms with E-state index in [1.165, 1.54) is 16.7 Å². The number of aliphatic imine (C=N–C) groups is 1. The quantitative estimate of drug-likeness (QED) is 0.0280. The van der Waals surface area contributed by atoms with Crippen molar-refractivity contribution in [2.75, 3.05) is 44.3 Å². The maximum Gasteiger partial charge on any atom is 0.246 e. The van der Waals surface area contributed by atoms with Gasteiger partial charge in [0.25, 0.3) is 0 Å². The summed E-state index contributed by atoms with van der Waals surface area (Å²) in [4.78, 5) is 215. The summed E-state index contributed by atoms with van der Waals surface area (Å²) in [5.74, 6) is -15.1. The molecule has 2 aromatic rings. The number of unbranched alkanes of at least 4 members (excludes halogenated alkanes) is 1. The second-order valence-electron chi connectivity index (χ2n) is 29.1. The van der Waals surface area contributed by atoms with Crippen molar-refractivity contribution in [1.29, 1.82) is 0 Å². The molecule has 2 bridgehead atoms. The first kappa shape index (κ1) is 89.8. The van der Waals surface area contributed by atoms with E-state index in [0.29, 0.717) is 36.8 Å². The van der Waals surface area contributed by atoms with Crippen molar-refractivity contribution < 1.29 is 77.3 Å². The molecule has 110 heavy (non-hydrogen) atoms. The highest BCUT2D eigenvalue weighted by atomic mass is 33.1. The second-order valence-corrected chi connectivity index (χ2v) is 31.6. The minimum Gasteiger partial charge on any atom is -0.394 e. The molecular formula is C74H114N18O16S2. The molecule has 4 aliphatic rings. The number of guanidine groups is 1. The first-order chi connectivity index (χ1) is 52.4. The average Bonchev–Trinajstić information content (AvgIpc) is 1.63.